The number of anilines is 2. The van der Waals surface area contributed by atoms with Crippen molar-refractivity contribution >= 4 is 28.9 Å². The van der Waals surface area contributed by atoms with Crippen LogP contribution < -0.4 is 15.0 Å². The van der Waals surface area contributed by atoms with Gasteiger partial charge in [0.15, 0.2) is 12.4 Å². The SMILES string of the molecule is CCOC(=O)c1ccc(N2CCOCC2)c(NC(=O)COc2ccccc2[N+](=O)[O-])c1. The van der Waals surface area contributed by atoms with E-state index in [4.69, 9.17) is 14.2 Å². The van der Waals surface area contributed by atoms with Gasteiger partial charge in [-0.05, 0) is 31.2 Å². The van der Waals surface area contributed by atoms with Crippen molar-refractivity contribution in [2.24, 2.45) is 0 Å². The number of para-hydroxylation sites is 2. The van der Waals surface area contributed by atoms with E-state index in [0.717, 1.165) is 5.69 Å². The summed E-state index contributed by atoms with van der Waals surface area (Å²) in [7, 11) is 0. The standard InChI is InChI=1S/C21H23N3O7/c1-2-30-21(26)15-7-8-17(23-9-11-29-12-10-23)16(13-15)22-20(25)14-31-19-6-4-3-5-18(19)24(27)28/h3-8,13H,2,9-12,14H2,1H3,(H,22,25). The number of benzene rings is 2. The van der Waals surface area contributed by atoms with Gasteiger partial charge in [-0.15, -0.1) is 0 Å². The van der Waals surface area contributed by atoms with Crippen LogP contribution in [0.5, 0.6) is 5.75 Å². The van der Waals surface area contributed by atoms with E-state index in [1.807, 2.05) is 4.90 Å². The van der Waals surface area contributed by atoms with Crippen LogP contribution in [0, 0.1) is 10.1 Å². The number of nitro benzene ring substituents is 1. The molecular weight excluding hydrogens is 406 g/mol. The molecule has 0 radical (unpaired) electrons. The van der Waals surface area contributed by atoms with Crippen molar-refractivity contribution in [3.8, 4) is 5.75 Å². The molecule has 0 aromatic heterocycles. The Morgan fingerprint density at radius 1 is 1.19 bits per heavy atom. The Hall–Kier alpha value is -3.66. The Morgan fingerprint density at radius 3 is 2.65 bits per heavy atom. The number of hydrogen-bond acceptors (Lipinski definition) is 8. The molecule has 31 heavy (non-hydrogen) atoms. The molecule has 1 N–H and O–H groups in total. The van der Waals surface area contributed by atoms with Gasteiger partial charge in [-0.25, -0.2) is 4.79 Å². The molecule has 1 amide bonds. The minimum atomic E-state index is -0.577. The minimum Gasteiger partial charge on any atom is -0.477 e. The van der Waals surface area contributed by atoms with E-state index < -0.39 is 23.4 Å². The van der Waals surface area contributed by atoms with Crippen LogP contribution in [0.1, 0.15) is 17.3 Å². The van der Waals surface area contributed by atoms with Crippen LogP contribution in [0.25, 0.3) is 0 Å². The van der Waals surface area contributed by atoms with Crippen LogP contribution in [0.2, 0.25) is 0 Å². The highest BCUT2D eigenvalue weighted by atomic mass is 16.6. The number of carbonyl (C=O) groups excluding carboxylic acids is 2. The van der Waals surface area contributed by atoms with Crippen molar-refractivity contribution in [1.29, 1.82) is 0 Å². The number of nitro groups is 1. The number of amides is 1. The van der Waals surface area contributed by atoms with E-state index in [9.17, 15) is 19.7 Å². The lowest BCUT2D eigenvalue weighted by Crippen LogP contribution is -2.37. The molecule has 1 aliphatic rings. The number of rotatable bonds is 8. The van der Waals surface area contributed by atoms with Crippen LogP contribution in [-0.4, -0.2) is 56.3 Å². The number of hydrogen-bond donors (Lipinski definition) is 1. The summed E-state index contributed by atoms with van der Waals surface area (Å²) in [5.74, 6) is -1.02. The molecule has 2 aromatic rings. The number of morpholine rings is 1. The molecule has 3 rings (SSSR count). The van der Waals surface area contributed by atoms with E-state index in [-0.39, 0.29) is 18.0 Å². The van der Waals surface area contributed by atoms with Gasteiger partial charge in [0.2, 0.25) is 0 Å². The molecule has 164 valence electrons. The smallest absolute Gasteiger partial charge is 0.338 e. The molecule has 0 unspecified atom stereocenters. The van der Waals surface area contributed by atoms with E-state index in [1.165, 1.54) is 18.2 Å². The van der Waals surface area contributed by atoms with Gasteiger partial charge in [0, 0.05) is 19.2 Å². The number of esters is 1. The largest absolute Gasteiger partial charge is 0.477 e. The summed E-state index contributed by atoms with van der Waals surface area (Å²) in [4.78, 5) is 37.2. The second kappa shape index (κ2) is 10.4. The van der Waals surface area contributed by atoms with Crippen LogP contribution in [0.4, 0.5) is 17.1 Å². The Bertz CT molecular complexity index is 958. The summed E-state index contributed by atoms with van der Waals surface area (Å²) in [6.45, 7) is 3.87. The third-order valence-corrected chi connectivity index (χ3v) is 4.55. The van der Waals surface area contributed by atoms with Crippen molar-refractivity contribution in [2.75, 3.05) is 49.7 Å². The van der Waals surface area contributed by atoms with E-state index >= 15 is 0 Å². The summed E-state index contributed by atoms with van der Waals surface area (Å²) in [5, 5.41) is 13.8. The van der Waals surface area contributed by atoms with E-state index in [1.54, 1.807) is 31.2 Å². The molecule has 1 saturated heterocycles. The topological polar surface area (TPSA) is 120 Å². The van der Waals surface area contributed by atoms with Crippen molar-refractivity contribution in [1.82, 2.24) is 0 Å². The van der Waals surface area contributed by atoms with Crippen molar-refractivity contribution < 1.29 is 28.7 Å². The lowest BCUT2D eigenvalue weighted by atomic mass is 10.1. The maximum atomic E-state index is 12.5. The molecule has 2 aromatic carbocycles. The van der Waals surface area contributed by atoms with Gasteiger partial charge < -0.3 is 24.4 Å². The number of carbonyl (C=O) groups is 2. The molecule has 0 atom stereocenters. The summed E-state index contributed by atoms with van der Waals surface area (Å²) in [5.41, 5.74) is 1.22. The second-order valence-electron chi connectivity index (χ2n) is 6.61. The lowest BCUT2D eigenvalue weighted by Gasteiger charge is -2.30. The zero-order chi connectivity index (χ0) is 22.2. The highest BCUT2D eigenvalue weighted by molar-refractivity contribution is 5.98. The second-order valence-corrected chi connectivity index (χ2v) is 6.61. The Labute approximate surface area is 178 Å². The van der Waals surface area contributed by atoms with Gasteiger partial charge >= 0.3 is 11.7 Å². The van der Waals surface area contributed by atoms with Gasteiger partial charge in [0.1, 0.15) is 0 Å². The molecular formula is C21H23N3O7. The van der Waals surface area contributed by atoms with E-state index in [0.29, 0.717) is 37.6 Å². The van der Waals surface area contributed by atoms with Crippen LogP contribution in [0.15, 0.2) is 42.5 Å². The zero-order valence-corrected chi connectivity index (χ0v) is 17.0. The lowest BCUT2D eigenvalue weighted by molar-refractivity contribution is -0.385. The average molecular weight is 429 g/mol. The van der Waals surface area contributed by atoms with Crippen molar-refractivity contribution in [3.63, 3.8) is 0 Å². The predicted octanol–water partition coefficient (Wildman–Crippen LogP) is 2.63. The molecule has 1 fully saturated rings. The van der Waals surface area contributed by atoms with Gasteiger partial charge in [0.05, 0.1) is 41.7 Å². The van der Waals surface area contributed by atoms with Crippen LogP contribution in [-0.2, 0) is 14.3 Å². The number of nitrogens with one attached hydrogen (secondary N) is 1. The summed E-state index contributed by atoms with van der Waals surface area (Å²) in [6.07, 6.45) is 0. The van der Waals surface area contributed by atoms with Crippen molar-refractivity contribution in [3.05, 3.63) is 58.1 Å². The quantitative estimate of drug-likeness (QED) is 0.386. The summed E-state index contributed by atoms with van der Waals surface area (Å²) >= 11 is 0. The zero-order valence-electron chi connectivity index (χ0n) is 17.0. The minimum absolute atomic E-state index is 0.00340. The first kappa shape index (κ1) is 22.0. The third-order valence-electron chi connectivity index (χ3n) is 4.55. The van der Waals surface area contributed by atoms with Gasteiger partial charge in [-0.2, -0.15) is 0 Å². The Balaban J connectivity index is 1.77. The first-order valence-electron chi connectivity index (χ1n) is 9.79. The van der Waals surface area contributed by atoms with Gasteiger partial charge in [0.25, 0.3) is 5.91 Å². The van der Waals surface area contributed by atoms with Gasteiger partial charge in [-0.1, -0.05) is 12.1 Å². The average Bonchev–Trinajstić information content (AvgIpc) is 2.78. The normalized spacial score (nSPS) is 13.4. The summed E-state index contributed by atoms with van der Waals surface area (Å²) < 4.78 is 15.8. The first-order chi connectivity index (χ1) is 15.0. The predicted molar refractivity (Wildman–Crippen MR) is 113 cm³/mol. The van der Waals surface area contributed by atoms with Crippen molar-refractivity contribution in [2.45, 2.75) is 6.92 Å². The maximum Gasteiger partial charge on any atom is 0.338 e. The molecule has 0 saturated carbocycles. The van der Waals surface area contributed by atoms with Crippen LogP contribution in [0.3, 0.4) is 0 Å². The van der Waals surface area contributed by atoms with Gasteiger partial charge in [-0.3, -0.25) is 14.9 Å². The number of nitrogens with zero attached hydrogens (tertiary/aromatic N) is 2. The number of ether oxygens (including phenoxy) is 3. The molecule has 1 aliphatic heterocycles. The summed E-state index contributed by atoms with van der Waals surface area (Å²) in [6, 6.07) is 10.8. The molecule has 0 spiro atoms. The highest BCUT2D eigenvalue weighted by Gasteiger charge is 2.20. The Morgan fingerprint density at radius 2 is 1.94 bits per heavy atom. The molecule has 0 aliphatic carbocycles. The van der Waals surface area contributed by atoms with E-state index in [2.05, 4.69) is 5.32 Å². The Kier molecular flexibility index (Phi) is 7.39. The fourth-order valence-electron chi connectivity index (χ4n) is 3.12. The fourth-order valence-corrected chi connectivity index (χ4v) is 3.12. The molecule has 10 heteroatoms. The fraction of sp³-hybridized carbons (Fsp3) is 0.333. The first-order valence-corrected chi connectivity index (χ1v) is 9.79. The van der Waals surface area contributed by atoms with Crippen LogP contribution >= 0.6 is 0 Å². The monoisotopic (exact) mass is 429 g/mol. The highest BCUT2D eigenvalue weighted by Crippen LogP contribution is 2.29. The molecule has 1 heterocycles. The third kappa shape index (κ3) is 5.70. The molecule has 0 bridgehead atoms. The maximum absolute atomic E-state index is 12.5. The molecule has 10 nitrogen and oxygen atoms in total.